The maximum absolute atomic E-state index is 6.09. The number of halogens is 1. The second-order valence-electron chi connectivity index (χ2n) is 4.72. The average Bonchev–Trinajstić information content (AvgIpc) is 2.69. The molecular formula is C14H14ClN3. The molecule has 1 aliphatic rings. The molecule has 0 saturated carbocycles. The number of nitrogens with one attached hydrogen (secondary N) is 1. The summed E-state index contributed by atoms with van der Waals surface area (Å²) in [6.45, 7) is 2.24. The van der Waals surface area contributed by atoms with E-state index in [1.165, 1.54) is 17.5 Å². The minimum absolute atomic E-state index is 0.272. The Kier molecular flexibility index (Phi) is 2.92. The Morgan fingerprint density at radius 2 is 2.17 bits per heavy atom. The highest BCUT2D eigenvalue weighted by Gasteiger charge is 2.29. The first kappa shape index (κ1) is 11.5. The van der Waals surface area contributed by atoms with Crippen molar-refractivity contribution in [2.75, 3.05) is 5.32 Å². The van der Waals surface area contributed by atoms with Crippen molar-refractivity contribution < 1.29 is 0 Å². The van der Waals surface area contributed by atoms with Crippen LogP contribution >= 0.6 is 11.6 Å². The van der Waals surface area contributed by atoms with Crippen molar-refractivity contribution >= 4 is 17.4 Å². The van der Waals surface area contributed by atoms with Gasteiger partial charge in [0.15, 0.2) is 0 Å². The largest absolute Gasteiger partial charge is 0.362 e. The molecule has 0 aliphatic heterocycles. The lowest BCUT2D eigenvalue weighted by molar-refractivity contribution is 0.540. The van der Waals surface area contributed by atoms with Crippen molar-refractivity contribution in [2.45, 2.75) is 19.4 Å². The minimum Gasteiger partial charge on any atom is -0.362 e. The van der Waals surface area contributed by atoms with E-state index in [2.05, 4.69) is 46.5 Å². The summed E-state index contributed by atoms with van der Waals surface area (Å²) in [5.74, 6) is 1.24. The number of hydrogen-bond acceptors (Lipinski definition) is 3. The number of anilines is 1. The Hall–Kier alpha value is -1.61. The molecule has 3 nitrogen and oxygen atoms in total. The molecule has 0 saturated heterocycles. The van der Waals surface area contributed by atoms with E-state index in [0.29, 0.717) is 16.8 Å². The zero-order chi connectivity index (χ0) is 12.5. The van der Waals surface area contributed by atoms with E-state index < -0.39 is 0 Å². The maximum Gasteiger partial charge on any atom is 0.148 e. The zero-order valence-electron chi connectivity index (χ0n) is 10.1. The highest BCUT2D eigenvalue weighted by Crippen LogP contribution is 2.38. The Morgan fingerprint density at radius 1 is 1.33 bits per heavy atom. The Morgan fingerprint density at radius 3 is 3.00 bits per heavy atom. The molecule has 1 aliphatic carbocycles. The van der Waals surface area contributed by atoms with Crippen LogP contribution in [0.5, 0.6) is 0 Å². The topological polar surface area (TPSA) is 37.8 Å². The molecule has 0 radical (unpaired) electrons. The van der Waals surface area contributed by atoms with Crippen molar-refractivity contribution in [1.82, 2.24) is 9.97 Å². The molecule has 0 spiro atoms. The third kappa shape index (κ3) is 1.95. The van der Waals surface area contributed by atoms with Crippen molar-refractivity contribution in [3.8, 4) is 0 Å². The standard InChI is InChI=1S/C14H14ClN3/c1-9-6-10-4-2-3-5-11(10)13(9)18-14-12(15)7-16-8-17-14/h2-5,7-9,13H,6H2,1H3,(H,16,17,18). The average molecular weight is 260 g/mol. The molecule has 18 heavy (non-hydrogen) atoms. The quantitative estimate of drug-likeness (QED) is 0.897. The van der Waals surface area contributed by atoms with Crippen molar-refractivity contribution in [3.63, 3.8) is 0 Å². The summed E-state index contributed by atoms with van der Waals surface area (Å²) in [5, 5.41) is 4.00. The van der Waals surface area contributed by atoms with Gasteiger partial charge in [0, 0.05) is 0 Å². The third-order valence-corrected chi connectivity index (χ3v) is 3.74. The normalized spacial score (nSPS) is 21.7. The minimum atomic E-state index is 0.272. The monoisotopic (exact) mass is 259 g/mol. The van der Waals surface area contributed by atoms with Crippen LogP contribution in [0.2, 0.25) is 5.02 Å². The molecule has 1 N–H and O–H groups in total. The lowest BCUT2D eigenvalue weighted by Gasteiger charge is -2.19. The molecular weight excluding hydrogens is 246 g/mol. The van der Waals surface area contributed by atoms with Gasteiger partial charge in [0.1, 0.15) is 17.2 Å². The van der Waals surface area contributed by atoms with Crippen molar-refractivity contribution in [2.24, 2.45) is 5.92 Å². The van der Waals surface area contributed by atoms with E-state index in [0.717, 1.165) is 6.42 Å². The number of aromatic nitrogens is 2. The van der Waals surface area contributed by atoms with Gasteiger partial charge in [0.25, 0.3) is 0 Å². The molecule has 1 aromatic carbocycles. The second kappa shape index (κ2) is 4.58. The summed E-state index contributed by atoms with van der Waals surface area (Å²) in [5.41, 5.74) is 2.76. The number of fused-ring (bicyclic) bond motifs is 1. The van der Waals surface area contributed by atoms with Crippen LogP contribution < -0.4 is 5.32 Å². The van der Waals surface area contributed by atoms with E-state index >= 15 is 0 Å². The van der Waals surface area contributed by atoms with Gasteiger partial charge in [-0.2, -0.15) is 0 Å². The molecule has 2 atom stereocenters. The molecule has 0 amide bonds. The molecule has 1 heterocycles. The maximum atomic E-state index is 6.09. The zero-order valence-corrected chi connectivity index (χ0v) is 10.9. The molecule has 4 heteroatoms. The van der Waals surface area contributed by atoms with Gasteiger partial charge in [-0.1, -0.05) is 42.8 Å². The highest BCUT2D eigenvalue weighted by molar-refractivity contribution is 6.32. The number of nitrogens with zero attached hydrogens (tertiary/aromatic N) is 2. The summed E-state index contributed by atoms with van der Waals surface area (Å²) in [6, 6.07) is 8.80. The Bertz CT molecular complexity index is 570. The van der Waals surface area contributed by atoms with Gasteiger partial charge in [-0.15, -0.1) is 0 Å². The van der Waals surface area contributed by atoms with E-state index in [1.54, 1.807) is 6.20 Å². The Balaban J connectivity index is 1.92. The van der Waals surface area contributed by atoms with Crippen LogP contribution in [0.4, 0.5) is 5.82 Å². The summed E-state index contributed by atoms with van der Waals surface area (Å²) in [4.78, 5) is 8.09. The van der Waals surface area contributed by atoms with Gasteiger partial charge in [0.2, 0.25) is 0 Å². The lowest BCUT2D eigenvalue weighted by Crippen LogP contribution is -2.15. The second-order valence-corrected chi connectivity index (χ2v) is 5.13. The van der Waals surface area contributed by atoms with E-state index in [-0.39, 0.29) is 6.04 Å². The fraction of sp³-hybridized carbons (Fsp3) is 0.286. The molecule has 0 fully saturated rings. The summed E-state index contributed by atoms with van der Waals surface area (Å²) in [6.07, 6.45) is 4.22. The van der Waals surface area contributed by atoms with Crippen LogP contribution in [-0.2, 0) is 6.42 Å². The van der Waals surface area contributed by atoms with Crippen LogP contribution in [0.1, 0.15) is 24.1 Å². The predicted molar refractivity (Wildman–Crippen MR) is 72.7 cm³/mol. The molecule has 2 unspecified atom stereocenters. The predicted octanol–water partition coefficient (Wildman–Crippen LogP) is 3.48. The number of benzene rings is 1. The molecule has 3 rings (SSSR count). The van der Waals surface area contributed by atoms with Gasteiger partial charge < -0.3 is 5.32 Å². The smallest absolute Gasteiger partial charge is 0.148 e. The number of rotatable bonds is 2. The molecule has 0 bridgehead atoms. The van der Waals surface area contributed by atoms with E-state index in [4.69, 9.17) is 11.6 Å². The van der Waals surface area contributed by atoms with Gasteiger partial charge in [0.05, 0.1) is 12.2 Å². The fourth-order valence-electron chi connectivity index (χ4n) is 2.58. The summed E-state index contributed by atoms with van der Waals surface area (Å²) in [7, 11) is 0. The lowest BCUT2D eigenvalue weighted by atomic mass is 10.0. The van der Waals surface area contributed by atoms with Crippen molar-refractivity contribution in [1.29, 1.82) is 0 Å². The van der Waals surface area contributed by atoms with Gasteiger partial charge in [-0.05, 0) is 23.5 Å². The van der Waals surface area contributed by atoms with Gasteiger partial charge in [-0.25, -0.2) is 9.97 Å². The summed E-state index contributed by atoms with van der Waals surface area (Å²) < 4.78 is 0. The van der Waals surface area contributed by atoms with Crippen molar-refractivity contribution in [3.05, 3.63) is 52.9 Å². The van der Waals surface area contributed by atoms with Crippen LogP contribution in [0.15, 0.2) is 36.8 Å². The SMILES string of the molecule is CC1Cc2ccccc2C1Nc1ncncc1Cl. The number of hydrogen-bond donors (Lipinski definition) is 1. The third-order valence-electron chi connectivity index (χ3n) is 3.46. The Labute approximate surface area is 111 Å². The van der Waals surface area contributed by atoms with Gasteiger partial charge in [-0.3, -0.25) is 0 Å². The van der Waals surface area contributed by atoms with E-state index in [1.807, 2.05) is 0 Å². The van der Waals surface area contributed by atoms with E-state index in [9.17, 15) is 0 Å². The highest BCUT2D eigenvalue weighted by atomic mass is 35.5. The fourth-order valence-corrected chi connectivity index (χ4v) is 2.74. The first-order chi connectivity index (χ1) is 8.75. The molecule has 92 valence electrons. The van der Waals surface area contributed by atoms with Crippen LogP contribution in [0.3, 0.4) is 0 Å². The van der Waals surface area contributed by atoms with Gasteiger partial charge >= 0.3 is 0 Å². The first-order valence-corrected chi connectivity index (χ1v) is 6.43. The van der Waals surface area contributed by atoms with Crippen LogP contribution in [-0.4, -0.2) is 9.97 Å². The van der Waals surface area contributed by atoms with Crippen LogP contribution in [0, 0.1) is 5.92 Å². The van der Waals surface area contributed by atoms with Crippen LogP contribution in [0.25, 0.3) is 0 Å². The molecule has 2 aromatic rings. The molecule has 1 aromatic heterocycles. The first-order valence-electron chi connectivity index (χ1n) is 6.05. The summed E-state index contributed by atoms with van der Waals surface area (Å²) >= 11 is 6.09.